The molecule has 0 aliphatic heterocycles. The van der Waals surface area contributed by atoms with E-state index in [2.05, 4.69) is 10.6 Å². The molecule has 1 aliphatic carbocycles. The van der Waals surface area contributed by atoms with Crippen LogP contribution in [0.4, 0.5) is 0 Å². The first-order chi connectivity index (χ1) is 10.1. The summed E-state index contributed by atoms with van der Waals surface area (Å²) in [5.41, 5.74) is 2.18. The zero-order chi connectivity index (χ0) is 14.8. The number of carbonyl (C=O) groups is 2. The molecule has 21 heavy (non-hydrogen) atoms. The molecule has 1 aromatic heterocycles. The van der Waals surface area contributed by atoms with Crippen LogP contribution < -0.4 is 10.6 Å². The number of carbonyl (C=O) groups excluding carboxylic acids is 2. The number of hydrogen-bond acceptors (Lipinski definition) is 2. The fraction of sp³-hybridized carbons (Fsp3) is 0.375. The van der Waals surface area contributed by atoms with E-state index < -0.39 is 0 Å². The van der Waals surface area contributed by atoms with Crippen molar-refractivity contribution >= 4 is 22.7 Å². The highest BCUT2D eigenvalue weighted by molar-refractivity contribution is 5.87. The van der Waals surface area contributed by atoms with Crippen molar-refractivity contribution in [3.8, 4) is 0 Å². The second kappa shape index (κ2) is 5.60. The van der Waals surface area contributed by atoms with Crippen molar-refractivity contribution in [2.24, 2.45) is 0 Å². The van der Waals surface area contributed by atoms with Crippen molar-refractivity contribution in [1.82, 2.24) is 15.2 Å². The zero-order valence-corrected chi connectivity index (χ0v) is 12.1. The van der Waals surface area contributed by atoms with Crippen molar-refractivity contribution in [3.63, 3.8) is 0 Å². The van der Waals surface area contributed by atoms with E-state index in [-0.39, 0.29) is 24.9 Å². The molecule has 0 bridgehead atoms. The molecule has 1 saturated carbocycles. The van der Waals surface area contributed by atoms with Gasteiger partial charge < -0.3 is 15.2 Å². The molecule has 0 atom stereocenters. The summed E-state index contributed by atoms with van der Waals surface area (Å²) >= 11 is 0. The van der Waals surface area contributed by atoms with E-state index in [1.54, 1.807) is 0 Å². The zero-order valence-electron chi connectivity index (χ0n) is 12.1. The van der Waals surface area contributed by atoms with E-state index in [1.807, 2.05) is 42.0 Å². The van der Waals surface area contributed by atoms with Crippen molar-refractivity contribution in [2.75, 3.05) is 6.54 Å². The minimum absolute atomic E-state index is 0.0491. The molecule has 1 aromatic carbocycles. The lowest BCUT2D eigenvalue weighted by molar-refractivity contribution is -0.126. The summed E-state index contributed by atoms with van der Waals surface area (Å²) in [7, 11) is 0. The summed E-state index contributed by atoms with van der Waals surface area (Å²) in [6.45, 7) is 2.30. The number of aromatic nitrogens is 1. The molecular weight excluding hydrogens is 266 g/mol. The molecule has 0 spiro atoms. The minimum atomic E-state index is -0.151. The summed E-state index contributed by atoms with van der Waals surface area (Å²) in [5, 5.41) is 6.66. The number of amides is 2. The van der Waals surface area contributed by atoms with Crippen LogP contribution in [0.2, 0.25) is 0 Å². The summed E-state index contributed by atoms with van der Waals surface area (Å²) in [4.78, 5) is 23.5. The third-order valence-electron chi connectivity index (χ3n) is 3.69. The first-order valence-electron chi connectivity index (χ1n) is 7.24. The predicted octanol–water partition coefficient (Wildman–Crippen LogP) is 1.34. The maximum absolute atomic E-state index is 12.0. The van der Waals surface area contributed by atoms with Crippen molar-refractivity contribution in [1.29, 1.82) is 0 Å². The number of rotatable bonds is 5. The van der Waals surface area contributed by atoms with Gasteiger partial charge in [0.25, 0.3) is 0 Å². The van der Waals surface area contributed by atoms with E-state index in [1.165, 1.54) is 0 Å². The number of hydrogen-bond donors (Lipinski definition) is 2. The Labute approximate surface area is 123 Å². The van der Waals surface area contributed by atoms with Crippen molar-refractivity contribution in [3.05, 3.63) is 36.0 Å². The highest BCUT2D eigenvalue weighted by Crippen LogP contribution is 2.20. The first-order valence-corrected chi connectivity index (χ1v) is 7.24. The van der Waals surface area contributed by atoms with Gasteiger partial charge in [-0.05, 0) is 31.4 Å². The van der Waals surface area contributed by atoms with Gasteiger partial charge in [-0.15, -0.1) is 0 Å². The van der Waals surface area contributed by atoms with E-state index in [0.717, 1.165) is 29.3 Å². The van der Waals surface area contributed by atoms with Gasteiger partial charge in [-0.25, -0.2) is 0 Å². The molecule has 0 radical (unpaired) electrons. The lowest BCUT2D eigenvalue weighted by Crippen LogP contribution is -2.39. The molecular formula is C16H19N3O2. The normalized spacial score (nSPS) is 14.1. The third-order valence-corrected chi connectivity index (χ3v) is 3.69. The molecule has 1 aliphatic rings. The Bertz CT molecular complexity index is 686. The van der Waals surface area contributed by atoms with E-state index in [4.69, 9.17) is 0 Å². The van der Waals surface area contributed by atoms with Crippen LogP contribution in [0.1, 0.15) is 18.4 Å². The lowest BCUT2D eigenvalue weighted by Gasteiger charge is -2.07. The van der Waals surface area contributed by atoms with Crippen LogP contribution in [-0.4, -0.2) is 29.0 Å². The van der Waals surface area contributed by atoms with Gasteiger partial charge in [0.05, 0.1) is 6.54 Å². The van der Waals surface area contributed by atoms with Crippen LogP contribution >= 0.6 is 0 Å². The topological polar surface area (TPSA) is 63.1 Å². The summed E-state index contributed by atoms with van der Waals surface area (Å²) < 4.78 is 1.92. The SMILES string of the molecule is Cc1cn(CC(=O)NCC(=O)NC2CC2)c2ccccc12. The fourth-order valence-corrected chi connectivity index (χ4v) is 2.46. The molecule has 2 aromatic rings. The molecule has 110 valence electrons. The number of benzene rings is 1. The molecule has 0 unspecified atom stereocenters. The minimum Gasteiger partial charge on any atom is -0.352 e. The van der Waals surface area contributed by atoms with E-state index in [0.29, 0.717) is 6.04 Å². The molecule has 2 amide bonds. The second-order valence-electron chi connectivity index (χ2n) is 5.58. The van der Waals surface area contributed by atoms with Crippen LogP contribution in [0.25, 0.3) is 10.9 Å². The maximum atomic E-state index is 12.0. The maximum Gasteiger partial charge on any atom is 0.240 e. The Morgan fingerprint density at radius 2 is 2.00 bits per heavy atom. The van der Waals surface area contributed by atoms with Crippen LogP contribution in [-0.2, 0) is 16.1 Å². The smallest absolute Gasteiger partial charge is 0.240 e. The molecule has 1 heterocycles. The molecule has 5 nitrogen and oxygen atoms in total. The highest BCUT2D eigenvalue weighted by atomic mass is 16.2. The highest BCUT2D eigenvalue weighted by Gasteiger charge is 2.23. The Balaban J connectivity index is 1.59. The summed E-state index contributed by atoms with van der Waals surface area (Å²) in [6, 6.07) is 8.31. The van der Waals surface area contributed by atoms with Crippen molar-refractivity contribution < 1.29 is 9.59 Å². The second-order valence-corrected chi connectivity index (χ2v) is 5.58. The van der Waals surface area contributed by atoms with Gasteiger partial charge in [0.15, 0.2) is 0 Å². The van der Waals surface area contributed by atoms with Gasteiger partial charge in [0.2, 0.25) is 11.8 Å². The molecule has 5 heteroatoms. The number of para-hydroxylation sites is 1. The monoisotopic (exact) mass is 285 g/mol. The van der Waals surface area contributed by atoms with Gasteiger partial charge in [-0.1, -0.05) is 18.2 Å². The molecule has 1 fully saturated rings. The molecule has 2 N–H and O–H groups in total. The quantitative estimate of drug-likeness (QED) is 0.871. The standard InChI is InChI=1S/C16H19N3O2/c1-11-9-19(14-5-3-2-4-13(11)14)10-16(21)17-8-15(20)18-12-6-7-12/h2-5,9,12H,6-8,10H2,1H3,(H,17,21)(H,18,20). The van der Waals surface area contributed by atoms with Crippen LogP contribution in [0.3, 0.4) is 0 Å². The number of nitrogens with one attached hydrogen (secondary N) is 2. The van der Waals surface area contributed by atoms with Gasteiger partial charge in [0, 0.05) is 23.1 Å². The summed E-state index contributed by atoms with van der Waals surface area (Å²) in [5.74, 6) is -0.263. The molecule has 3 rings (SSSR count). The van der Waals surface area contributed by atoms with E-state index in [9.17, 15) is 9.59 Å². The Morgan fingerprint density at radius 1 is 1.24 bits per heavy atom. The Morgan fingerprint density at radius 3 is 2.76 bits per heavy atom. The third kappa shape index (κ3) is 3.24. The van der Waals surface area contributed by atoms with Gasteiger partial charge >= 0.3 is 0 Å². The average molecular weight is 285 g/mol. The lowest BCUT2D eigenvalue weighted by atomic mass is 10.2. The first kappa shape index (κ1) is 13.7. The largest absolute Gasteiger partial charge is 0.352 e. The average Bonchev–Trinajstić information content (AvgIpc) is 3.23. The fourth-order valence-electron chi connectivity index (χ4n) is 2.46. The number of fused-ring (bicyclic) bond motifs is 1. The predicted molar refractivity (Wildman–Crippen MR) is 80.8 cm³/mol. The van der Waals surface area contributed by atoms with Crippen LogP contribution in [0, 0.1) is 6.92 Å². The van der Waals surface area contributed by atoms with Gasteiger partial charge in [-0.3, -0.25) is 9.59 Å². The summed E-state index contributed by atoms with van der Waals surface area (Å²) in [6.07, 6.45) is 4.07. The molecule has 0 saturated heterocycles. The Hall–Kier alpha value is -2.30. The van der Waals surface area contributed by atoms with E-state index >= 15 is 0 Å². The van der Waals surface area contributed by atoms with Crippen LogP contribution in [0.5, 0.6) is 0 Å². The number of aryl methyl sites for hydroxylation is 1. The van der Waals surface area contributed by atoms with Crippen molar-refractivity contribution in [2.45, 2.75) is 32.4 Å². The Kier molecular flexibility index (Phi) is 3.64. The van der Waals surface area contributed by atoms with Gasteiger partial charge in [-0.2, -0.15) is 0 Å². The van der Waals surface area contributed by atoms with Crippen LogP contribution in [0.15, 0.2) is 30.5 Å². The van der Waals surface area contributed by atoms with Gasteiger partial charge in [0.1, 0.15) is 6.54 Å². The number of nitrogens with zero attached hydrogens (tertiary/aromatic N) is 1.